The highest BCUT2D eigenvalue weighted by atomic mass is 16.3. The Bertz CT molecular complexity index is 695. The molecule has 2 aromatic rings. The van der Waals surface area contributed by atoms with Crippen molar-refractivity contribution < 1.29 is 9.21 Å². The number of carbonyl (C=O) groups is 1. The van der Waals surface area contributed by atoms with E-state index < -0.39 is 0 Å². The van der Waals surface area contributed by atoms with Crippen LogP contribution in [0.5, 0.6) is 0 Å². The Labute approximate surface area is 148 Å². The van der Waals surface area contributed by atoms with Crippen LogP contribution in [0.2, 0.25) is 0 Å². The van der Waals surface area contributed by atoms with Crippen molar-refractivity contribution >= 4 is 11.9 Å². The number of hydrogen-bond acceptors (Lipinski definition) is 3. The monoisotopic (exact) mass is 342 g/mol. The normalized spacial score (nSPS) is 12.5. The highest BCUT2D eigenvalue weighted by Crippen LogP contribution is 2.15. The van der Waals surface area contributed by atoms with Gasteiger partial charge in [0.05, 0.1) is 6.26 Å². The van der Waals surface area contributed by atoms with Crippen LogP contribution in [0.4, 0.5) is 0 Å². The van der Waals surface area contributed by atoms with Gasteiger partial charge in [-0.05, 0) is 30.5 Å². The molecule has 6 heteroatoms. The van der Waals surface area contributed by atoms with Gasteiger partial charge in [0, 0.05) is 26.7 Å². The molecule has 2 rings (SSSR count). The molecular formula is C19H26N4O2. The van der Waals surface area contributed by atoms with Crippen molar-refractivity contribution in [2.75, 3.05) is 26.7 Å². The van der Waals surface area contributed by atoms with E-state index >= 15 is 0 Å². The molecule has 0 saturated carbocycles. The topological polar surface area (TPSA) is 78.7 Å². The van der Waals surface area contributed by atoms with Gasteiger partial charge >= 0.3 is 0 Å². The van der Waals surface area contributed by atoms with Crippen molar-refractivity contribution in [3.8, 4) is 0 Å². The molecule has 0 aliphatic carbocycles. The minimum Gasteiger partial charge on any atom is -0.459 e. The van der Waals surface area contributed by atoms with Gasteiger partial charge in [-0.3, -0.25) is 9.79 Å². The molecule has 1 amide bonds. The number of guanidine groups is 1. The Morgan fingerprint density at radius 3 is 2.64 bits per heavy atom. The molecule has 0 saturated heterocycles. The molecule has 0 aliphatic rings. The second-order valence-electron chi connectivity index (χ2n) is 5.93. The second kappa shape index (κ2) is 9.52. The Morgan fingerprint density at radius 2 is 1.96 bits per heavy atom. The maximum atomic E-state index is 11.7. The zero-order valence-electron chi connectivity index (χ0n) is 15.0. The molecule has 0 aliphatic heterocycles. The molecule has 1 aromatic heterocycles. The lowest BCUT2D eigenvalue weighted by atomic mass is 9.99. The quantitative estimate of drug-likeness (QED) is 0.410. The van der Waals surface area contributed by atoms with Crippen LogP contribution in [0, 0.1) is 6.92 Å². The fraction of sp³-hybridized carbons (Fsp3) is 0.368. The third kappa shape index (κ3) is 5.99. The van der Waals surface area contributed by atoms with Crippen LogP contribution >= 0.6 is 0 Å². The summed E-state index contributed by atoms with van der Waals surface area (Å²) in [5.74, 6) is 1.18. The van der Waals surface area contributed by atoms with Gasteiger partial charge in [0.2, 0.25) is 0 Å². The van der Waals surface area contributed by atoms with E-state index in [-0.39, 0.29) is 5.91 Å². The number of hydrogen-bond donors (Lipinski definition) is 3. The van der Waals surface area contributed by atoms with Gasteiger partial charge in [0.15, 0.2) is 11.7 Å². The number of rotatable bonds is 7. The van der Waals surface area contributed by atoms with Gasteiger partial charge in [-0.1, -0.05) is 36.8 Å². The molecule has 1 heterocycles. The van der Waals surface area contributed by atoms with Gasteiger partial charge in [-0.2, -0.15) is 0 Å². The fourth-order valence-electron chi connectivity index (χ4n) is 2.42. The Kier molecular flexibility index (Phi) is 7.07. The predicted octanol–water partition coefficient (Wildman–Crippen LogP) is 2.29. The third-order valence-corrected chi connectivity index (χ3v) is 3.86. The largest absolute Gasteiger partial charge is 0.459 e. The zero-order valence-corrected chi connectivity index (χ0v) is 15.0. The summed E-state index contributed by atoms with van der Waals surface area (Å²) < 4.78 is 5.04. The lowest BCUT2D eigenvalue weighted by Gasteiger charge is -2.17. The lowest BCUT2D eigenvalue weighted by Crippen LogP contribution is -2.42. The number of nitrogens with one attached hydrogen (secondary N) is 3. The molecule has 1 aromatic carbocycles. The number of aliphatic imine (C=N–C) groups is 1. The van der Waals surface area contributed by atoms with Crippen molar-refractivity contribution in [1.82, 2.24) is 16.0 Å². The first kappa shape index (κ1) is 18.6. The van der Waals surface area contributed by atoms with Gasteiger partial charge in [-0.15, -0.1) is 0 Å². The van der Waals surface area contributed by atoms with E-state index in [0.29, 0.717) is 30.7 Å². The van der Waals surface area contributed by atoms with Crippen LogP contribution in [0.1, 0.15) is 34.5 Å². The van der Waals surface area contributed by atoms with Crippen molar-refractivity contribution in [1.29, 1.82) is 0 Å². The van der Waals surface area contributed by atoms with E-state index in [1.165, 1.54) is 17.4 Å². The number of nitrogens with zero attached hydrogens (tertiary/aromatic N) is 1. The molecule has 6 nitrogen and oxygen atoms in total. The summed E-state index contributed by atoms with van der Waals surface area (Å²) >= 11 is 0. The number of furan rings is 1. The molecule has 1 unspecified atom stereocenters. The van der Waals surface area contributed by atoms with E-state index in [1.54, 1.807) is 19.2 Å². The van der Waals surface area contributed by atoms with Crippen LogP contribution in [0.15, 0.2) is 52.1 Å². The Hall–Kier alpha value is -2.76. The summed E-state index contributed by atoms with van der Waals surface area (Å²) in [5.41, 5.74) is 2.56. The van der Waals surface area contributed by atoms with E-state index in [0.717, 1.165) is 6.54 Å². The minimum atomic E-state index is -0.220. The molecular weight excluding hydrogens is 316 g/mol. The molecule has 3 N–H and O–H groups in total. The van der Waals surface area contributed by atoms with Crippen LogP contribution in [-0.2, 0) is 0 Å². The van der Waals surface area contributed by atoms with Gasteiger partial charge in [-0.25, -0.2) is 0 Å². The fourth-order valence-corrected chi connectivity index (χ4v) is 2.42. The summed E-state index contributed by atoms with van der Waals surface area (Å²) in [7, 11) is 1.73. The van der Waals surface area contributed by atoms with E-state index in [9.17, 15) is 4.79 Å². The van der Waals surface area contributed by atoms with E-state index in [2.05, 4.69) is 59.1 Å². The van der Waals surface area contributed by atoms with Crippen LogP contribution < -0.4 is 16.0 Å². The molecule has 0 bridgehead atoms. The number of carbonyl (C=O) groups excluding carboxylic acids is 1. The van der Waals surface area contributed by atoms with Crippen LogP contribution in [0.25, 0.3) is 0 Å². The Morgan fingerprint density at radius 1 is 1.16 bits per heavy atom. The Balaban J connectivity index is 1.69. The first-order valence-corrected chi connectivity index (χ1v) is 8.43. The third-order valence-electron chi connectivity index (χ3n) is 3.86. The van der Waals surface area contributed by atoms with Crippen LogP contribution in [0.3, 0.4) is 0 Å². The summed E-state index contributed by atoms with van der Waals surface area (Å²) in [5, 5.41) is 9.28. The first-order valence-electron chi connectivity index (χ1n) is 8.43. The summed E-state index contributed by atoms with van der Waals surface area (Å²) in [6, 6.07) is 11.8. The second-order valence-corrected chi connectivity index (χ2v) is 5.93. The van der Waals surface area contributed by atoms with Gasteiger partial charge in [0.25, 0.3) is 5.91 Å². The molecule has 1 atom stereocenters. The van der Waals surface area contributed by atoms with Gasteiger partial charge in [0.1, 0.15) is 0 Å². The summed E-state index contributed by atoms with van der Waals surface area (Å²) in [4.78, 5) is 15.9. The van der Waals surface area contributed by atoms with Crippen molar-refractivity contribution in [3.05, 3.63) is 59.5 Å². The number of amides is 1. The smallest absolute Gasteiger partial charge is 0.287 e. The lowest BCUT2D eigenvalue weighted by molar-refractivity contribution is 0.0926. The first-order chi connectivity index (χ1) is 12.1. The minimum absolute atomic E-state index is 0.220. The average molecular weight is 342 g/mol. The standard InChI is InChI=1S/C19H26N4O2/c1-14-6-4-7-16(12-14)15(2)13-23-19(20-3)22-10-9-21-18(24)17-8-5-11-25-17/h4-8,11-12,15H,9-10,13H2,1-3H3,(H,21,24)(H2,20,22,23). The maximum absolute atomic E-state index is 11.7. The zero-order chi connectivity index (χ0) is 18.1. The average Bonchev–Trinajstić information content (AvgIpc) is 3.15. The number of benzene rings is 1. The van der Waals surface area contributed by atoms with Gasteiger partial charge < -0.3 is 20.4 Å². The molecule has 0 radical (unpaired) electrons. The maximum Gasteiger partial charge on any atom is 0.287 e. The number of aryl methyl sites for hydroxylation is 1. The van der Waals surface area contributed by atoms with Crippen molar-refractivity contribution in [3.63, 3.8) is 0 Å². The molecule has 0 fully saturated rings. The van der Waals surface area contributed by atoms with E-state index in [1.807, 2.05) is 0 Å². The predicted molar refractivity (Wildman–Crippen MR) is 100.0 cm³/mol. The summed E-state index contributed by atoms with van der Waals surface area (Å²) in [6.07, 6.45) is 1.48. The SMILES string of the molecule is CN=C(NCCNC(=O)c1ccco1)NCC(C)c1cccc(C)c1. The van der Waals surface area contributed by atoms with Crippen molar-refractivity contribution in [2.45, 2.75) is 19.8 Å². The highest BCUT2D eigenvalue weighted by Gasteiger charge is 2.08. The summed E-state index contributed by atoms with van der Waals surface area (Å²) in [6.45, 7) is 6.11. The molecule has 134 valence electrons. The van der Waals surface area contributed by atoms with Crippen molar-refractivity contribution in [2.24, 2.45) is 4.99 Å². The molecule has 0 spiro atoms. The van der Waals surface area contributed by atoms with E-state index in [4.69, 9.17) is 4.42 Å². The van der Waals surface area contributed by atoms with Crippen LogP contribution in [-0.4, -0.2) is 38.5 Å². The highest BCUT2D eigenvalue weighted by molar-refractivity contribution is 5.91. The molecule has 25 heavy (non-hydrogen) atoms.